The molecule has 4 heteroatoms. The molecule has 0 aromatic heterocycles. The second-order valence-electron chi connectivity index (χ2n) is 4.99. The fraction of sp³-hybridized carbons (Fsp3) is 0.600. The molecule has 1 aromatic carbocycles. The Morgan fingerprint density at radius 3 is 1.95 bits per heavy atom. The molecule has 106 valence electrons. The van der Waals surface area contributed by atoms with Gasteiger partial charge in [-0.15, -0.1) is 0 Å². The van der Waals surface area contributed by atoms with Gasteiger partial charge in [0.2, 0.25) is 0 Å². The zero-order valence-corrected chi connectivity index (χ0v) is 12.2. The van der Waals surface area contributed by atoms with Crippen LogP contribution in [0.2, 0.25) is 0 Å². The quantitative estimate of drug-likeness (QED) is 0.858. The number of ether oxygens (including phenoxy) is 3. The van der Waals surface area contributed by atoms with Gasteiger partial charge in [-0.2, -0.15) is 0 Å². The molecule has 1 aromatic rings. The minimum atomic E-state index is -0.105. The van der Waals surface area contributed by atoms with Crippen LogP contribution in [0.3, 0.4) is 0 Å². The number of hydrogen-bond acceptors (Lipinski definition) is 4. The van der Waals surface area contributed by atoms with Crippen molar-refractivity contribution in [3.63, 3.8) is 0 Å². The molecule has 19 heavy (non-hydrogen) atoms. The van der Waals surface area contributed by atoms with Crippen LogP contribution in [0.1, 0.15) is 30.9 Å². The van der Waals surface area contributed by atoms with Crippen LogP contribution < -0.4 is 14.8 Å². The summed E-state index contributed by atoms with van der Waals surface area (Å²) in [6.45, 7) is 0. The molecule has 0 spiro atoms. The summed E-state index contributed by atoms with van der Waals surface area (Å²) in [6, 6.07) is 6.12. The predicted molar refractivity (Wildman–Crippen MR) is 74.9 cm³/mol. The number of likely N-dealkylation sites (N-methyl/N-ethyl adjacent to an activating group) is 1. The molecule has 0 aliphatic heterocycles. The van der Waals surface area contributed by atoms with Gasteiger partial charge in [0.25, 0.3) is 0 Å². The maximum absolute atomic E-state index is 5.78. The van der Waals surface area contributed by atoms with Crippen LogP contribution in [0.25, 0.3) is 0 Å². The summed E-state index contributed by atoms with van der Waals surface area (Å²) >= 11 is 0. The van der Waals surface area contributed by atoms with E-state index < -0.39 is 0 Å². The van der Waals surface area contributed by atoms with Crippen LogP contribution in [0.5, 0.6) is 11.5 Å². The smallest absolute Gasteiger partial charge is 0.122 e. The monoisotopic (exact) mass is 265 g/mol. The topological polar surface area (TPSA) is 39.7 Å². The van der Waals surface area contributed by atoms with Crippen molar-refractivity contribution >= 4 is 0 Å². The molecule has 1 atom stereocenters. The second-order valence-corrected chi connectivity index (χ2v) is 4.99. The van der Waals surface area contributed by atoms with Gasteiger partial charge < -0.3 is 19.5 Å². The maximum atomic E-state index is 5.78. The van der Waals surface area contributed by atoms with Crippen molar-refractivity contribution in [2.75, 3.05) is 28.4 Å². The average Bonchev–Trinajstić information content (AvgIpc) is 2.41. The first kappa shape index (κ1) is 14.2. The van der Waals surface area contributed by atoms with Gasteiger partial charge in [0.1, 0.15) is 11.5 Å². The molecule has 1 unspecified atom stereocenters. The minimum Gasteiger partial charge on any atom is -0.497 e. The van der Waals surface area contributed by atoms with Gasteiger partial charge in [-0.1, -0.05) is 0 Å². The zero-order valence-electron chi connectivity index (χ0n) is 12.2. The summed E-state index contributed by atoms with van der Waals surface area (Å²) in [7, 11) is 7.10. The van der Waals surface area contributed by atoms with Crippen molar-refractivity contribution in [2.24, 2.45) is 0 Å². The standard InChI is InChI=1S/C15H23NO3/c1-16-14(15(19-4)6-5-7-15)11-8-12(17-2)10-13(9-11)18-3/h8-10,14,16H,5-7H2,1-4H3. The highest BCUT2D eigenvalue weighted by molar-refractivity contribution is 5.41. The molecule has 1 N–H and O–H groups in total. The van der Waals surface area contributed by atoms with Crippen molar-refractivity contribution in [3.8, 4) is 11.5 Å². The molecule has 2 rings (SSSR count). The lowest BCUT2D eigenvalue weighted by molar-refractivity contribution is -0.0983. The van der Waals surface area contributed by atoms with Gasteiger partial charge >= 0.3 is 0 Å². The molecule has 1 aliphatic rings. The van der Waals surface area contributed by atoms with Gasteiger partial charge in [-0.3, -0.25) is 0 Å². The van der Waals surface area contributed by atoms with Crippen LogP contribution in [0.15, 0.2) is 18.2 Å². The largest absolute Gasteiger partial charge is 0.497 e. The lowest BCUT2D eigenvalue weighted by Gasteiger charge is -2.46. The molecule has 0 radical (unpaired) electrons. The number of methoxy groups -OCH3 is 3. The van der Waals surface area contributed by atoms with Crippen LogP contribution in [-0.2, 0) is 4.74 Å². The van der Waals surface area contributed by atoms with Crippen molar-refractivity contribution < 1.29 is 14.2 Å². The molecule has 1 aliphatic carbocycles. The zero-order chi connectivity index (χ0) is 13.9. The van der Waals surface area contributed by atoms with Gasteiger partial charge in [-0.25, -0.2) is 0 Å². The summed E-state index contributed by atoms with van der Waals surface area (Å²) in [4.78, 5) is 0. The molecule has 1 saturated carbocycles. The van der Waals surface area contributed by atoms with Gasteiger partial charge in [0, 0.05) is 13.2 Å². The number of nitrogens with one attached hydrogen (secondary N) is 1. The Kier molecular flexibility index (Phi) is 4.32. The van der Waals surface area contributed by atoms with Crippen LogP contribution in [0, 0.1) is 0 Å². The van der Waals surface area contributed by atoms with E-state index in [9.17, 15) is 0 Å². The second kappa shape index (κ2) is 5.80. The summed E-state index contributed by atoms with van der Waals surface area (Å²) in [6.07, 6.45) is 3.37. The molecule has 0 bridgehead atoms. The first-order chi connectivity index (χ1) is 9.19. The predicted octanol–water partition coefficient (Wildman–Crippen LogP) is 2.53. The fourth-order valence-electron chi connectivity index (χ4n) is 2.87. The third-order valence-corrected chi connectivity index (χ3v) is 4.13. The molecule has 1 fully saturated rings. The van der Waals surface area contributed by atoms with Gasteiger partial charge in [-0.05, 0) is 44.0 Å². The lowest BCUT2D eigenvalue weighted by Crippen LogP contribution is -2.49. The van der Waals surface area contributed by atoms with Crippen LogP contribution >= 0.6 is 0 Å². The van der Waals surface area contributed by atoms with E-state index in [2.05, 4.69) is 5.32 Å². The summed E-state index contributed by atoms with van der Waals surface area (Å²) in [5.74, 6) is 1.61. The molecular weight excluding hydrogens is 242 g/mol. The molecule has 0 saturated heterocycles. The number of rotatable bonds is 6. The summed E-state index contributed by atoms with van der Waals surface area (Å²) in [5.41, 5.74) is 1.03. The first-order valence-electron chi connectivity index (χ1n) is 6.64. The summed E-state index contributed by atoms with van der Waals surface area (Å²) in [5, 5.41) is 3.38. The Morgan fingerprint density at radius 1 is 1.05 bits per heavy atom. The molecule has 0 amide bonds. The average molecular weight is 265 g/mol. The Balaban J connectivity index is 2.37. The Hall–Kier alpha value is -1.26. The van der Waals surface area contributed by atoms with Crippen molar-refractivity contribution in [2.45, 2.75) is 30.9 Å². The van der Waals surface area contributed by atoms with E-state index >= 15 is 0 Å². The normalized spacial score (nSPS) is 18.5. The highest BCUT2D eigenvalue weighted by Crippen LogP contribution is 2.45. The van der Waals surface area contributed by atoms with Crippen molar-refractivity contribution in [1.82, 2.24) is 5.32 Å². The third kappa shape index (κ3) is 2.55. The van der Waals surface area contributed by atoms with Gasteiger partial charge in [0.05, 0.1) is 25.9 Å². The van der Waals surface area contributed by atoms with Crippen molar-refractivity contribution in [1.29, 1.82) is 0 Å². The van der Waals surface area contributed by atoms with E-state index in [1.54, 1.807) is 21.3 Å². The minimum absolute atomic E-state index is 0.105. The van der Waals surface area contributed by atoms with E-state index in [0.717, 1.165) is 29.9 Å². The molecular formula is C15H23NO3. The van der Waals surface area contributed by atoms with Crippen molar-refractivity contribution in [3.05, 3.63) is 23.8 Å². The van der Waals surface area contributed by atoms with E-state index in [-0.39, 0.29) is 11.6 Å². The van der Waals surface area contributed by atoms with Crippen LogP contribution in [0.4, 0.5) is 0 Å². The SMILES string of the molecule is CNC(c1cc(OC)cc(OC)c1)C1(OC)CCC1. The Morgan fingerprint density at radius 2 is 1.63 bits per heavy atom. The Labute approximate surface area is 115 Å². The van der Waals surface area contributed by atoms with Gasteiger partial charge in [0.15, 0.2) is 0 Å². The van der Waals surface area contributed by atoms with Crippen LogP contribution in [-0.4, -0.2) is 34.0 Å². The maximum Gasteiger partial charge on any atom is 0.122 e. The third-order valence-electron chi connectivity index (χ3n) is 4.13. The lowest BCUT2D eigenvalue weighted by atomic mass is 9.72. The molecule has 0 heterocycles. The highest BCUT2D eigenvalue weighted by atomic mass is 16.5. The Bertz CT molecular complexity index is 402. The summed E-state index contributed by atoms with van der Waals surface area (Å²) < 4.78 is 16.5. The number of hydrogen-bond donors (Lipinski definition) is 1. The van der Waals surface area contributed by atoms with E-state index in [4.69, 9.17) is 14.2 Å². The fourth-order valence-corrected chi connectivity index (χ4v) is 2.87. The first-order valence-corrected chi connectivity index (χ1v) is 6.64. The van der Waals surface area contributed by atoms with E-state index in [1.165, 1.54) is 6.42 Å². The molecule has 4 nitrogen and oxygen atoms in total. The van der Waals surface area contributed by atoms with E-state index in [1.807, 2.05) is 25.2 Å². The number of benzene rings is 1. The van der Waals surface area contributed by atoms with E-state index in [0.29, 0.717) is 0 Å². The highest BCUT2D eigenvalue weighted by Gasteiger charge is 2.44.